The Balaban J connectivity index is 1.47. The molecule has 2 aromatic rings. The molecule has 0 aromatic carbocycles. The van der Waals surface area contributed by atoms with Gasteiger partial charge in [-0.3, -0.25) is 0 Å². The number of thiophene rings is 1. The van der Waals surface area contributed by atoms with Crippen molar-refractivity contribution in [2.75, 3.05) is 18.0 Å². The van der Waals surface area contributed by atoms with Crippen molar-refractivity contribution in [2.45, 2.75) is 25.4 Å². The van der Waals surface area contributed by atoms with Crippen LogP contribution in [0.1, 0.15) is 22.6 Å². The largest absolute Gasteiger partial charge is 0.357 e. The molecule has 0 unspecified atom stereocenters. The van der Waals surface area contributed by atoms with Gasteiger partial charge in [-0.2, -0.15) is 5.26 Å². The van der Waals surface area contributed by atoms with Gasteiger partial charge in [-0.15, -0.1) is 11.3 Å². The minimum Gasteiger partial charge on any atom is -0.357 e. The van der Waals surface area contributed by atoms with Gasteiger partial charge in [0.15, 0.2) is 0 Å². The Morgan fingerprint density at radius 1 is 1.29 bits per heavy atom. The van der Waals surface area contributed by atoms with E-state index < -0.39 is 0 Å². The Bertz CT molecular complexity index is 609. The summed E-state index contributed by atoms with van der Waals surface area (Å²) in [5.74, 6) is 1.08. The highest BCUT2D eigenvalue weighted by Gasteiger charge is 2.19. The number of aromatic nitrogens is 1. The van der Waals surface area contributed by atoms with E-state index in [2.05, 4.69) is 27.3 Å². The molecule has 1 saturated heterocycles. The van der Waals surface area contributed by atoms with Gasteiger partial charge >= 0.3 is 0 Å². The quantitative estimate of drug-likeness (QED) is 0.943. The fourth-order valence-electron chi connectivity index (χ4n) is 2.63. The maximum atomic E-state index is 8.83. The number of nitrogens with zero attached hydrogens (tertiary/aromatic N) is 3. The number of nitriles is 1. The van der Waals surface area contributed by atoms with Crippen molar-refractivity contribution in [3.05, 3.63) is 46.3 Å². The Kier molecular flexibility index (Phi) is 4.49. The van der Waals surface area contributed by atoms with Gasteiger partial charge in [0, 0.05) is 36.8 Å². The highest BCUT2D eigenvalue weighted by Crippen LogP contribution is 2.19. The lowest BCUT2D eigenvalue weighted by atomic mass is 10.1. The lowest BCUT2D eigenvalue weighted by Crippen LogP contribution is -2.42. The number of nitrogens with one attached hydrogen (secondary N) is 1. The summed E-state index contributed by atoms with van der Waals surface area (Å²) in [6.45, 7) is 2.95. The van der Waals surface area contributed by atoms with E-state index in [1.807, 2.05) is 30.5 Å². The van der Waals surface area contributed by atoms with Crippen LogP contribution in [0.3, 0.4) is 0 Å². The SMILES string of the molecule is N#Cc1ccc(CNC2CCN(c3ccccn3)CC2)s1. The van der Waals surface area contributed by atoms with Crippen LogP contribution < -0.4 is 10.2 Å². The third-order valence-electron chi connectivity index (χ3n) is 3.81. The molecule has 108 valence electrons. The summed E-state index contributed by atoms with van der Waals surface area (Å²) in [5, 5.41) is 12.4. The molecule has 0 aliphatic carbocycles. The van der Waals surface area contributed by atoms with E-state index in [0.717, 1.165) is 43.2 Å². The molecule has 3 heterocycles. The van der Waals surface area contributed by atoms with E-state index in [4.69, 9.17) is 5.26 Å². The molecular weight excluding hydrogens is 280 g/mol. The highest BCUT2D eigenvalue weighted by molar-refractivity contribution is 7.12. The van der Waals surface area contributed by atoms with Crippen molar-refractivity contribution in [3.8, 4) is 6.07 Å². The number of piperidine rings is 1. The van der Waals surface area contributed by atoms with Gasteiger partial charge in [-0.25, -0.2) is 4.98 Å². The molecule has 2 aromatic heterocycles. The molecule has 0 radical (unpaired) electrons. The Morgan fingerprint density at radius 3 is 2.81 bits per heavy atom. The van der Waals surface area contributed by atoms with Gasteiger partial charge in [0.25, 0.3) is 0 Å². The summed E-state index contributed by atoms with van der Waals surface area (Å²) >= 11 is 1.57. The first-order valence-corrected chi connectivity index (χ1v) is 8.05. The fourth-order valence-corrected chi connectivity index (χ4v) is 3.39. The lowest BCUT2D eigenvalue weighted by Gasteiger charge is -2.33. The summed E-state index contributed by atoms with van der Waals surface area (Å²) in [4.78, 5) is 8.78. The monoisotopic (exact) mass is 298 g/mol. The van der Waals surface area contributed by atoms with Crippen LogP contribution in [-0.2, 0) is 6.54 Å². The zero-order chi connectivity index (χ0) is 14.5. The molecule has 1 fully saturated rings. The standard InChI is InChI=1S/C16H18N4S/c17-11-14-4-5-15(21-14)12-19-13-6-9-20(10-7-13)16-3-1-2-8-18-16/h1-5,8,13,19H,6-7,9-10,12H2. The molecule has 3 rings (SSSR count). The van der Waals surface area contributed by atoms with Crippen LogP contribution in [0, 0.1) is 11.3 Å². The van der Waals surface area contributed by atoms with E-state index in [-0.39, 0.29) is 0 Å². The second-order valence-electron chi connectivity index (χ2n) is 5.21. The second kappa shape index (κ2) is 6.70. The molecule has 5 heteroatoms. The second-order valence-corrected chi connectivity index (χ2v) is 6.38. The molecule has 21 heavy (non-hydrogen) atoms. The number of anilines is 1. The normalized spacial score (nSPS) is 15.9. The summed E-state index contributed by atoms with van der Waals surface area (Å²) in [6.07, 6.45) is 4.11. The molecule has 0 spiro atoms. The van der Waals surface area contributed by atoms with E-state index in [1.54, 1.807) is 11.3 Å². The van der Waals surface area contributed by atoms with Crippen molar-refractivity contribution in [1.29, 1.82) is 5.26 Å². The first-order chi connectivity index (χ1) is 10.3. The first kappa shape index (κ1) is 14.1. The predicted octanol–water partition coefficient (Wildman–Crippen LogP) is 2.77. The molecule has 1 N–H and O–H groups in total. The van der Waals surface area contributed by atoms with Gasteiger partial charge in [-0.1, -0.05) is 6.07 Å². The topological polar surface area (TPSA) is 52.0 Å². The zero-order valence-electron chi connectivity index (χ0n) is 11.8. The predicted molar refractivity (Wildman–Crippen MR) is 85.3 cm³/mol. The molecule has 0 amide bonds. The van der Waals surface area contributed by atoms with E-state index in [0.29, 0.717) is 6.04 Å². The lowest BCUT2D eigenvalue weighted by molar-refractivity contribution is 0.414. The van der Waals surface area contributed by atoms with Gasteiger partial charge in [0.2, 0.25) is 0 Å². The minimum atomic E-state index is 0.553. The van der Waals surface area contributed by atoms with Crippen molar-refractivity contribution < 1.29 is 0 Å². The van der Waals surface area contributed by atoms with E-state index in [1.165, 1.54) is 4.88 Å². The first-order valence-electron chi connectivity index (χ1n) is 7.23. The number of rotatable bonds is 4. The van der Waals surface area contributed by atoms with Crippen LogP contribution in [0.5, 0.6) is 0 Å². The van der Waals surface area contributed by atoms with Crippen LogP contribution in [0.15, 0.2) is 36.5 Å². The smallest absolute Gasteiger partial charge is 0.128 e. The van der Waals surface area contributed by atoms with Crippen molar-refractivity contribution in [1.82, 2.24) is 10.3 Å². The zero-order valence-corrected chi connectivity index (χ0v) is 12.6. The molecule has 0 atom stereocenters. The number of pyridine rings is 1. The summed E-state index contributed by atoms with van der Waals surface area (Å²) in [7, 11) is 0. The molecule has 1 aliphatic heterocycles. The maximum Gasteiger partial charge on any atom is 0.128 e. The van der Waals surface area contributed by atoms with Crippen molar-refractivity contribution >= 4 is 17.2 Å². The summed E-state index contributed by atoms with van der Waals surface area (Å²) in [6, 6.07) is 12.7. The maximum absolute atomic E-state index is 8.83. The van der Waals surface area contributed by atoms with Gasteiger partial charge in [0.05, 0.1) is 0 Å². The van der Waals surface area contributed by atoms with Crippen LogP contribution in [0.25, 0.3) is 0 Å². The average Bonchev–Trinajstić information content (AvgIpc) is 3.02. The van der Waals surface area contributed by atoms with Crippen molar-refractivity contribution in [3.63, 3.8) is 0 Å². The van der Waals surface area contributed by atoms with E-state index >= 15 is 0 Å². The van der Waals surface area contributed by atoms with Crippen LogP contribution in [-0.4, -0.2) is 24.1 Å². The minimum absolute atomic E-state index is 0.553. The average molecular weight is 298 g/mol. The fraction of sp³-hybridized carbons (Fsp3) is 0.375. The number of hydrogen-bond acceptors (Lipinski definition) is 5. The van der Waals surface area contributed by atoms with Crippen LogP contribution in [0.2, 0.25) is 0 Å². The van der Waals surface area contributed by atoms with Crippen molar-refractivity contribution in [2.24, 2.45) is 0 Å². The summed E-state index contributed by atoms with van der Waals surface area (Å²) in [5.41, 5.74) is 0. The highest BCUT2D eigenvalue weighted by atomic mass is 32.1. The molecule has 1 aliphatic rings. The summed E-state index contributed by atoms with van der Waals surface area (Å²) < 4.78 is 0. The Morgan fingerprint density at radius 2 is 2.14 bits per heavy atom. The Labute approximate surface area is 129 Å². The van der Waals surface area contributed by atoms with Crippen LogP contribution >= 0.6 is 11.3 Å². The molecule has 0 bridgehead atoms. The Hall–Kier alpha value is -1.90. The third kappa shape index (κ3) is 3.60. The third-order valence-corrected chi connectivity index (χ3v) is 4.79. The number of hydrogen-bond donors (Lipinski definition) is 1. The van der Waals surface area contributed by atoms with Gasteiger partial charge in [-0.05, 0) is 37.1 Å². The van der Waals surface area contributed by atoms with Gasteiger partial charge in [0.1, 0.15) is 16.8 Å². The van der Waals surface area contributed by atoms with E-state index in [9.17, 15) is 0 Å². The van der Waals surface area contributed by atoms with Crippen LogP contribution in [0.4, 0.5) is 5.82 Å². The molecule has 4 nitrogen and oxygen atoms in total. The molecular formula is C16H18N4S. The van der Waals surface area contributed by atoms with Gasteiger partial charge < -0.3 is 10.2 Å². The molecule has 0 saturated carbocycles.